The third-order valence-electron chi connectivity index (χ3n) is 3.79. The van der Waals surface area contributed by atoms with E-state index in [1.807, 2.05) is 12.1 Å². The number of benzene rings is 1. The Morgan fingerprint density at radius 3 is 2.62 bits per heavy atom. The smallest absolute Gasteiger partial charge is 0.269 e. The molecule has 0 saturated carbocycles. The molecule has 1 aromatic carbocycles. The Bertz CT molecular complexity index is 950. The van der Waals surface area contributed by atoms with Crippen LogP contribution in [-0.2, 0) is 6.42 Å². The topological polar surface area (TPSA) is 73.3 Å². The van der Waals surface area contributed by atoms with Crippen molar-refractivity contribution in [3.63, 3.8) is 0 Å². The van der Waals surface area contributed by atoms with Crippen molar-refractivity contribution in [1.82, 2.24) is 0 Å². The number of nitrogens with zero attached hydrogens (tertiary/aromatic N) is 1. The van der Waals surface area contributed by atoms with Gasteiger partial charge in [-0.3, -0.25) is 14.9 Å². The number of hydrogen-bond acceptors (Lipinski definition) is 5. The highest BCUT2D eigenvalue weighted by atomic mass is 32.1. The molecule has 0 spiro atoms. The van der Waals surface area contributed by atoms with Gasteiger partial charge in [-0.1, -0.05) is 13.3 Å². The molecular formula is C20H17NO4S. The van der Waals surface area contributed by atoms with E-state index in [-0.39, 0.29) is 11.5 Å². The van der Waals surface area contributed by atoms with Crippen LogP contribution in [0.4, 0.5) is 5.69 Å². The molecule has 0 aliphatic heterocycles. The number of allylic oxidation sites excluding steroid dienone is 1. The van der Waals surface area contributed by atoms with Crippen LogP contribution in [0, 0.1) is 10.1 Å². The molecule has 0 saturated heterocycles. The Balaban J connectivity index is 1.70. The van der Waals surface area contributed by atoms with Crippen LogP contribution in [0.1, 0.15) is 33.7 Å². The van der Waals surface area contributed by atoms with Gasteiger partial charge in [0.25, 0.3) is 5.69 Å². The zero-order valence-corrected chi connectivity index (χ0v) is 15.0. The van der Waals surface area contributed by atoms with Gasteiger partial charge in [0.2, 0.25) is 0 Å². The number of aryl methyl sites for hydroxylation is 1. The first-order chi connectivity index (χ1) is 12.6. The van der Waals surface area contributed by atoms with Crippen molar-refractivity contribution in [3.05, 3.63) is 80.2 Å². The summed E-state index contributed by atoms with van der Waals surface area (Å²) in [6.07, 6.45) is 5.18. The molecule has 132 valence electrons. The number of thiophene rings is 1. The Kier molecular flexibility index (Phi) is 5.43. The van der Waals surface area contributed by atoms with Gasteiger partial charge in [0, 0.05) is 22.6 Å². The number of nitro benzene ring substituents is 1. The second-order valence-corrected chi connectivity index (χ2v) is 6.89. The van der Waals surface area contributed by atoms with Gasteiger partial charge in [0.05, 0.1) is 9.80 Å². The van der Waals surface area contributed by atoms with Crippen molar-refractivity contribution in [1.29, 1.82) is 0 Å². The van der Waals surface area contributed by atoms with E-state index in [0.29, 0.717) is 16.4 Å². The predicted molar refractivity (Wildman–Crippen MR) is 102 cm³/mol. The van der Waals surface area contributed by atoms with Crippen LogP contribution in [0.15, 0.2) is 59.0 Å². The van der Waals surface area contributed by atoms with E-state index in [2.05, 4.69) is 6.92 Å². The summed E-state index contributed by atoms with van der Waals surface area (Å²) in [5.41, 5.74) is 0.772. The molecule has 0 radical (unpaired) electrons. The minimum atomic E-state index is -0.442. The molecule has 0 aliphatic carbocycles. The van der Waals surface area contributed by atoms with Gasteiger partial charge in [0.1, 0.15) is 11.5 Å². The van der Waals surface area contributed by atoms with Gasteiger partial charge in [-0.2, -0.15) is 0 Å². The molecule has 0 fully saturated rings. The molecule has 3 rings (SSSR count). The van der Waals surface area contributed by atoms with E-state index in [4.69, 9.17) is 4.42 Å². The average molecular weight is 367 g/mol. The van der Waals surface area contributed by atoms with Crippen molar-refractivity contribution in [2.75, 3.05) is 0 Å². The Labute approximate surface area is 154 Å². The van der Waals surface area contributed by atoms with Gasteiger partial charge in [0.15, 0.2) is 5.78 Å². The zero-order chi connectivity index (χ0) is 18.5. The van der Waals surface area contributed by atoms with E-state index in [9.17, 15) is 14.9 Å². The van der Waals surface area contributed by atoms with Crippen molar-refractivity contribution in [3.8, 4) is 11.3 Å². The quantitative estimate of drug-likeness (QED) is 0.230. The Hall–Kier alpha value is -2.99. The fourth-order valence-electron chi connectivity index (χ4n) is 2.48. The van der Waals surface area contributed by atoms with Crippen molar-refractivity contribution < 1.29 is 14.1 Å². The number of non-ortho nitro benzene ring substituents is 1. The third-order valence-corrected chi connectivity index (χ3v) is 4.95. The van der Waals surface area contributed by atoms with E-state index < -0.39 is 4.92 Å². The van der Waals surface area contributed by atoms with Crippen LogP contribution in [0.25, 0.3) is 17.4 Å². The molecular weight excluding hydrogens is 350 g/mol. The maximum atomic E-state index is 12.2. The number of hydrogen-bond donors (Lipinski definition) is 0. The van der Waals surface area contributed by atoms with Crippen LogP contribution < -0.4 is 0 Å². The first-order valence-corrected chi connectivity index (χ1v) is 9.04. The van der Waals surface area contributed by atoms with Gasteiger partial charge in [-0.05, 0) is 55.0 Å². The summed E-state index contributed by atoms with van der Waals surface area (Å²) < 4.78 is 5.69. The minimum absolute atomic E-state index is 0.0319. The highest BCUT2D eigenvalue weighted by Crippen LogP contribution is 2.25. The summed E-state index contributed by atoms with van der Waals surface area (Å²) in [5, 5.41) is 10.7. The lowest BCUT2D eigenvalue weighted by molar-refractivity contribution is -0.384. The average Bonchev–Trinajstić information content (AvgIpc) is 3.30. The SMILES string of the molecule is CCCc1ccc(C(=O)/C=C/c2ccc(-c3ccc([N+](=O)[O-])cc3)o2)s1. The molecule has 5 nitrogen and oxygen atoms in total. The first-order valence-electron chi connectivity index (χ1n) is 8.22. The fourth-order valence-corrected chi connectivity index (χ4v) is 3.51. The maximum Gasteiger partial charge on any atom is 0.269 e. The van der Waals surface area contributed by atoms with E-state index in [1.165, 1.54) is 34.4 Å². The minimum Gasteiger partial charge on any atom is -0.457 e. The number of rotatable bonds is 7. The van der Waals surface area contributed by atoms with E-state index >= 15 is 0 Å². The molecule has 3 aromatic rings. The first kappa shape index (κ1) is 17.8. The second kappa shape index (κ2) is 7.93. The van der Waals surface area contributed by atoms with Crippen molar-refractivity contribution >= 4 is 28.9 Å². The van der Waals surface area contributed by atoms with Crippen LogP contribution in [0.5, 0.6) is 0 Å². The van der Waals surface area contributed by atoms with E-state index in [1.54, 1.807) is 30.3 Å². The lowest BCUT2D eigenvalue weighted by Gasteiger charge is -1.96. The van der Waals surface area contributed by atoms with Gasteiger partial charge in [-0.15, -0.1) is 11.3 Å². The molecule has 0 N–H and O–H groups in total. The third kappa shape index (κ3) is 4.15. The molecule has 0 aliphatic rings. The van der Waals surface area contributed by atoms with Crippen LogP contribution in [0.3, 0.4) is 0 Å². The lowest BCUT2D eigenvalue weighted by Crippen LogP contribution is -1.88. The molecule has 0 amide bonds. The molecule has 0 atom stereocenters. The lowest BCUT2D eigenvalue weighted by atomic mass is 10.1. The van der Waals surface area contributed by atoms with Gasteiger partial charge < -0.3 is 4.42 Å². The highest BCUT2D eigenvalue weighted by Gasteiger charge is 2.09. The zero-order valence-electron chi connectivity index (χ0n) is 14.2. The maximum absolute atomic E-state index is 12.2. The summed E-state index contributed by atoms with van der Waals surface area (Å²) >= 11 is 1.52. The molecule has 0 unspecified atom stereocenters. The van der Waals surface area contributed by atoms with Crippen LogP contribution in [0.2, 0.25) is 0 Å². The molecule has 2 aromatic heterocycles. The van der Waals surface area contributed by atoms with Gasteiger partial charge in [-0.25, -0.2) is 0 Å². The predicted octanol–water partition coefficient (Wildman–Crippen LogP) is 5.76. The number of nitro groups is 1. The monoisotopic (exact) mass is 367 g/mol. The summed E-state index contributed by atoms with van der Waals surface area (Å²) in [5.74, 6) is 1.09. The summed E-state index contributed by atoms with van der Waals surface area (Å²) in [7, 11) is 0. The normalized spacial score (nSPS) is 11.1. The summed E-state index contributed by atoms with van der Waals surface area (Å²) in [6.45, 7) is 2.11. The Morgan fingerprint density at radius 1 is 1.15 bits per heavy atom. The number of furan rings is 1. The summed E-state index contributed by atoms with van der Waals surface area (Å²) in [4.78, 5) is 24.4. The molecule has 6 heteroatoms. The van der Waals surface area contributed by atoms with Crippen LogP contribution >= 0.6 is 11.3 Å². The Morgan fingerprint density at radius 2 is 1.92 bits per heavy atom. The standard InChI is InChI=1S/C20H17NO4S/c1-2-3-17-10-13-20(26-17)18(22)11-8-16-9-12-19(25-16)14-4-6-15(7-5-14)21(23)24/h4-13H,2-3H2,1H3/b11-8+. The number of carbonyl (C=O) groups excluding carboxylic acids is 1. The fraction of sp³-hybridized carbons (Fsp3) is 0.150. The van der Waals surface area contributed by atoms with E-state index in [0.717, 1.165) is 18.4 Å². The van der Waals surface area contributed by atoms with Gasteiger partial charge >= 0.3 is 0 Å². The number of carbonyl (C=O) groups is 1. The molecule has 0 bridgehead atoms. The highest BCUT2D eigenvalue weighted by molar-refractivity contribution is 7.14. The molecule has 2 heterocycles. The van der Waals surface area contributed by atoms with Crippen molar-refractivity contribution in [2.45, 2.75) is 19.8 Å². The molecule has 26 heavy (non-hydrogen) atoms. The summed E-state index contributed by atoms with van der Waals surface area (Å²) in [6, 6.07) is 13.5. The largest absolute Gasteiger partial charge is 0.457 e. The number of ketones is 1. The van der Waals surface area contributed by atoms with Crippen molar-refractivity contribution in [2.24, 2.45) is 0 Å². The second-order valence-electron chi connectivity index (χ2n) is 5.72. The van der Waals surface area contributed by atoms with Crippen LogP contribution in [-0.4, -0.2) is 10.7 Å².